The molecule has 0 spiro atoms. The maximum atomic E-state index is 12.4. The summed E-state index contributed by atoms with van der Waals surface area (Å²) in [4.78, 5) is 25.3. The Kier molecular flexibility index (Phi) is 8.44. The number of hydrogen-bond donors (Lipinski definition) is 1. The molecule has 0 aromatic rings. The van der Waals surface area contributed by atoms with E-state index in [-0.39, 0.29) is 17.9 Å². The molecule has 0 saturated carbocycles. The van der Waals surface area contributed by atoms with Crippen molar-refractivity contribution in [3.8, 4) is 0 Å². The predicted molar refractivity (Wildman–Crippen MR) is 80.4 cm³/mol. The van der Waals surface area contributed by atoms with Gasteiger partial charge in [0.05, 0.1) is 7.11 Å². The van der Waals surface area contributed by atoms with E-state index in [4.69, 9.17) is 7.85 Å². The molecule has 0 heterocycles. The maximum absolute atomic E-state index is 12.4. The Morgan fingerprint density at radius 1 is 1.25 bits per heavy atom. The summed E-state index contributed by atoms with van der Waals surface area (Å²) >= 11 is 0. The van der Waals surface area contributed by atoms with Gasteiger partial charge in [-0.2, -0.15) is 0 Å². The molecule has 0 saturated heterocycles. The molecule has 0 aliphatic carbocycles. The van der Waals surface area contributed by atoms with Gasteiger partial charge in [0, 0.05) is 13.1 Å². The summed E-state index contributed by atoms with van der Waals surface area (Å²) < 4.78 is 4.54. The number of nitrogens with one attached hydrogen (secondary N) is 1. The van der Waals surface area contributed by atoms with Gasteiger partial charge in [-0.15, -0.1) is 5.98 Å². The number of likely N-dealkylation sites (N-methyl/N-ethyl adjacent to an activating group) is 1. The van der Waals surface area contributed by atoms with Crippen LogP contribution in [0, 0.1) is 5.92 Å². The minimum atomic E-state index is -0.617. The van der Waals surface area contributed by atoms with Gasteiger partial charge in [-0.25, -0.2) is 4.79 Å². The van der Waals surface area contributed by atoms with E-state index < -0.39 is 12.1 Å². The van der Waals surface area contributed by atoms with Crippen molar-refractivity contribution in [2.24, 2.45) is 5.92 Å². The monoisotopic (exact) mass is 278 g/mol. The van der Waals surface area contributed by atoms with E-state index in [1.165, 1.54) is 13.1 Å². The van der Waals surface area contributed by atoms with Crippen molar-refractivity contribution in [2.45, 2.75) is 32.9 Å². The van der Waals surface area contributed by atoms with Crippen LogP contribution in [0.25, 0.3) is 0 Å². The number of alkyl carbamates (subject to hydrolysis) is 1. The van der Waals surface area contributed by atoms with Crippen molar-refractivity contribution in [1.29, 1.82) is 0 Å². The Bertz CT molecular complexity index is 381. The fraction of sp³-hybridized carbons (Fsp3) is 0.571. The average molecular weight is 278 g/mol. The summed E-state index contributed by atoms with van der Waals surface area (Å²) in [6.45, 7) is 5.61. The van der Waals surface area contributed by atoms with Crippen LogP contribution in [0.4, 0.5) is 4.79 Å². The first kappa shape index (κ1) is 18.3. The highest BCUT2D eigenvalue weighted by atomic mass is 16.5. The maximum Gasteiger partial charge on any atom is 0.407 e. The average Bonchev–Trinajstić information content (AvgIpc) is 2.42. The molecule has 110 valence electrons. The van der Waals surface area contributed by atoms with E-state index in [9.17, 15) is 9.59 Å². The van der Waals surface area contributed by atoms with Crippen molar-refractivity contribution in [2.75, 3.05) is 14.2 Å². The Morgan fingerprint density at radius 2 is 1.85 bits per heavy atom. The molecule has 20 heavy (non-hydrogen) atoms. The molecule has 2 atom stereocenters. The Morgan fingerprint density at radius 3 is 2.30 bits per heavy atom. The molecule has 2 radical (unpaired) electrons. The molecule has 0 fully saturated rings. The lowest BCUT2D eigenvalue weighted by Crippen LogP contribution is -2.51. The van der Waals surface area contributed by atoms with E-state index in [1.807, 2.05) is 26.8 Å². The number of nitrogens with zero attached hydrogens (tertiary/aromatic N) is 1. The second kappa shape index (κ2) is 9.23. The van der Waals surface area contributed by atoms with Crippen LogP contribution in [-0.2, 0) is 9.53 Å². The normalized spacial score (nSPS) is 14.5. The molecule has 0 aromatic heterocycles. The molecule has 0 unspecified atom stereocenters. The number of hydrogen-bond acceptors (Lipinski definition) is 3. The van der Waals surface area contributed by atoms with Crippen molar-refractivity contribution in [3.05, 3.63) is 24.2 Å². The third kappa shape index (κ3) is 5.95. The zero-order valence-electron chi connectivity index (χ0n) is 12.8. The SMILES string of the molecule is [B]C=CC=C[C@H](C)N(C)C(=O)[C@@H](NC(=O)OC)C(C)C. The second-order valence-electron chi connectivity index (χ2n) is 4.82. The molecule has 5 nitrogen and oxygen atoms in total. The fourth-order valence-electron chi connectivity index (χ4n) is 1.54. The van der Waals surface area contributed by atoms with E-state index in [2.05, 4.69) is 10.1 Å². The molecule has 0 aliphatic rings. The third-order valence-corrected chi connectivity index (χ3v) is 2.96. The number of methoxy groups -OCH3 is 1. The number of amides is 2. The molecule has 0 aromatic carbocycles. The molecule has 0 aliphatic heterocycles. The molecule has 6 heteroatoms. The summed E-state index contributed by atoms with van der Waals surface area (Å²) in [6, 6.07) is -0.729. The minimum absolute atomic E-state index is 0.0378. The zero-order valence-corrected chi connectivity index (χ0v) is 12.8. The first-order valence-electron chi connectivity index (χ1n) is 6.51. The lowest BCUT2D eigenvalue weighted by atomic mass is 10.0. The number of allylic oxidation sites excluding steroid dienone is 2. The van der Waals surface area contributed by atoms with Gasteiger partial charge in [-0.1, -0.05) is 32.1 Å². The Hall–Kier alpha value is -1.72. The van der Waals surface area contributed by atoms with E-state index >= 15 is 0 Å². The van der Waals surface area contributed by atoms with Crippen LogP contribution in [0.2, 0.25) is 0 Å². The molecule has 0 bridgehead atoms. The van der Waals surface area contributed by atoms with E-state index in [0.717, 1.165) is 0 Å². The Balaban J connectivity index is 4.83. The predicted octanol–water partition coefficient (Wildman–Crippen LogP) is 1.45. The van der Waals surface area contributed by atoms with Gasteiger partial charge in [0.2, 0.25) is 5.91 Å². The smallest absolute Gasteiger partial charge is 0.407 e. The highest BCUT2D eigenvalue weighted by Crippen LogP contribution is 2.09. The van der Waals surface area contributed by atoms with Crippen LogP contribution in [-0.4, -0.2) is 51.0 Å². The van der Waals surface area contributed by atoms with Crippen LogP contribution in [0.15, 0.2) is 24.2 Å². The van der Waals surface area contributed by atoms with Gasteiger partial charge in [0.1, 0.15) is 13.9 Å². The number of carbonyl (C=O) groups excluding carboxylic acids is 2. The topological polar surface area (TPSA) is 58.6 Å². The van der Waals surface area contributed by atoms with Crippen LogP contribution in [0.1, 0.15) is 20.8 Å². The molecule has 2 amide bonds. The molecule has 1 N–H and O–H groups in total. The fourth-order valence-corrected chi connectivity index (χ4v) is 1.54. The number of ether oxygens (including phenoxy) is 1. The van der Waals surface area contributed by atoms with Crippen molar-refractivity contribution >= 4 is 19.8 Å². The standard InChI is InChI=1S/C14H23BN2O3/c1-10(2)12(16-14(19)20-5)13(18)17(4)11(3)8-6-7-9-15/h6-12H,1-5H3,(H,16,19)/t11-,12-/m0/s1. The number of rotatable bonds is 6. The van der Waals surface area contributed by atoms with Crippen LogP contribution in [0.3, 0.4) is 0 Å². The summed E-state index contributed by atoms with van der Waals surface area (Å²) in [5.74, 6) is 1.21. The highest BCUT2D eigenvalue weighted by molar-refractivity contribution is 6.17. The van der Waals surface area contributed by atoms with E-state index in [0.29, 0.717) is 0 Å². The molecular formula is C14H23BN2O3. The first-order valence-corrected chi connectivity index (χ1v) is 6.51. The van der Waals surface area contributed by atoms with Crippen molar-refractivity contribution in [1.82, 2.24) is 10.2 Å². The highest BCUT2D eigenvalue weighted by Gasteiger charge is 2.28. The summed E-state index contributed by atoms with van der Waals surface area (Å²) in [5, 5.41) is 2.56. The van der Waals surface area contributed by atoms with Gasteiger partial charge in [0.15, 0.2) is 0 Å². The zero-order chi connectivity index (χ0) is 15.7. The summed E-state index contributed by atoms with van der Waals surface area (Å²) in [7, 11) is 8.20. The molecular weight excluding hydrogens is 255 g/mol. The van der Waals surface area contributed by atoms with Gasteiger partial charge >= 0.3 is 6.09 Å². The minimum Gasteiger partial charge on any atom is -0.453 e. The van der Waals surface area contributed by atoms with Crippen molar-refractivity contribution < 1.29 is 14.3 Å². The quantitative estimate of drug-likeness (QED) is 0.591. The largest absolute Gasteiger partial charge is 0.453 e. The van der Waals surface area contributed by atoms with Gasteiger partial charge in [-0.3, -0.25) is 4.79 Å². The molecule has 0 rings (SSSR count). The third-order valence-electron chi connectivity index (χ3n) is 2.96. The number of carbonyl (C=O) groups is 2. The Labute approximate surface area is 122 Å². The van der Waals surface area contributed by atoms with Crippen LogP contribution >= 0.6 is 0 Å². The van der Waals surface area contributed by atoms with Gasteiger partial charge < -0.3 is 15.0 Å². The van der Waals surface area contributed by atoms with Crippen LogP contribution < -0.4 is 5.32 Å². The van der Waals surface area contributed by atoms with Gasteiger partial charge in [0.25, 0.3) is 0 Å². The summed E-state index contributed by atoms with van der Waals surface area (Å²) in [6.07, 6.45) is 4.69. The lowest BCUT2D eigenvalue weighted by molar-refractivity contribution is -0.134. The second-order valence-corrected chi connectivity index (χ2v) is 4.82. The van der Waals surface area contributed by atoms with Crippen molar-refractivity contribution in [3.63, 3.8) is 0 Å². The first-order chi connectivity index (χ1) is 9.34. The summed E-state index contributed by atoms with van der Waals surface area (Å²) in [5.41, 5.74) is 0. The van der Waals surface area contributed by atoms with Crippen LogP contribution in [0.5, 0.6) is 0 Å². The van der Waals surface area contributed by atoms with Gasteiger partial charge in [-0.05, 0) is 12.8 Å². The van der Waals surface area contributed by atoms with E-state index in [1.54, 1.807) is 24.1 Å². The lowest BCUT2D eigenvalue weighted by Gasteiger charge is -2.29.